The Morgan fingerprint density at radius 1 is 1.10 bits per heavy atom. The number of rotatable bonds is 4. The number of carbonyl (C=O) groups excluding carboxylic acids is 1. The van der Waals surface area contributed by atoms with Crippen LogP contribution in [0.15, 0.2) is 48.5 Å². The van der Waals surface area contributed by atoms with Gasteiger partial charge in [0.1, 0.15) is 0 Å². The fourth-order valence-electron chi connectivity index (χ4n) is 1.78. The van der Waals surface area contributed by atoms with E-state index in [0.29, 0.717) is 5.69 Å². The number of anilines is 1. The highest BCUT2D eigenvalue weighted by Crippen LogP contribution is 2.19. The summed E-state index contributed by atoms with van der Waals surface area (Å²) < 4.78 is 0.807. The molecule has 0 saturated carbocycles. The lowest BCUT2D eigenvalue weighted by Crippen LogP contribution is -2.16. The Kier molecular flexibility index (Phi) is 4.73. The Balaban J connectivity index is 2.14. The number of amides is 1. The molecule has 2 N–H and O–H groups in total. The molecule has 5 heteroatoms. The van der Waals surface area contributed by atoms with Crippen molar-refractivity contribution in [2.75, 3.05) is 5.32 Å². The first-order valence-electron chi connectivity index (χ1n) is 5.93. The van der Waals surface area contributed by atoms with Crippen molar-refractivity contribution in [1.29, 1.82) is 0 Å². The normalized spacial score (nSPS) is 10.1. The van der Waals surface area contributed by atoms with Crippen molar-refractivity contribution in [3.63, 3.8) is 0 Å². The lowest BCUT2D eigenvalue weighted by atomic mass is 10.1. The smallest absolute Gasteiger partial charge is 0.337 e. The van der Waals surface area contributed by atoms with E-state index in [9.17, 15) is 9.59 Å². The molecule has 0 saturated heterocycles. The van der Waals surface area contributed by atoms with Crippen molar-refractivity contribution in [1.82, 2.24) is 0 Å². The lowest BCUT2D eigenvalue weighted by Gasteiger charge is -2.09. The Bertz CT molecular complexity index is 641. The van der Waals surface area contributed by atoms with Crippen molar-refractivity contribution in [3.05, 3.63) is 63.2 Å². The van der Waals surface area contributed by atoms with Crippen LogP contribution in [0.1, 0.15) is 15.9 Å². The average Bonchev–Trinajstić information content (AvgIpc) is 2.41. The van der Waals surface area contributed by atoms with E-state index >= 15 is 0 Å². The first-order chi connectivity index (χ1) is 9.56. The van der Waals surface area contributed by atoms with E-state index in [0.717, 1.165) is 9.13 Å². The summed E-state index contributed by atoms with van der Waals surface area (Å²) in [5.74, 6) is -1.29. The molecule has 0 radical (unpaired) electrons. The van der Waals surface area contributed by atoms with Crippen LogP contribution in [0.5, 0.6) is 0 Å². The molecule has 0 bridgehead atoms. The van der Waals surface area contributed by atoms with Crippen LogP contribution in [0.4, 0.5) is 5.69 Å². The zero-order chi connectivity index (χ0) is 14.5. The number of hydrogen-bond donors (Lipinski definition) is 2. The highest BCUT2D eigenvalue weighted by Gasteiger charge is 2.13. The van der Waals surface area contributed by atoms with E-state index in [4.69, 9.17) is 5.11 Å². The van der Waals surface area contributed by atoms with E-state index in [1.54, 1.807) is 12.1 Å². The summed E-state index contributed by atoms with van der Waals surface area (Å²) in [6.45, 7) is 0. The highest BCUT2D eigenvalue weighted by molar-refractivity contribution is 14.1. The van der Waals surface area contributed by atoms with Gasteiger partial charge < -0.3 is 10.4 Å². The van der Waals surface area contributed by atoms with Gasteiger partial charge >= 0.3 is 5.97 Å². The van der Waals surface area contributed by atoms with Gasteiger partial charge in [0.05, 0.1) is 17.7 Å². The van der Waals surface area contributed by atoms with E-state index in [1.807, 2.05) is 52.9 Å². The zero-order valence-corrected chi connectivity index (χ0v) is 12.6. The van der Waals surface area contributed by atoms with Gasteiger partial charge in [-0.1, -0.05) is 30.3 Å². The Labute approximate surface area is 130 Å². The molecule has 0 aliphatic carbocycles. The van der Waals surface area contributed by atoms with Gasteiger partial charge in [-0.2, -0.15) is 0 Å². The molecule has 0 fully saturated rings. The minimum atomic E-state index is -1.06. The van der Waals surface area contributed by atoms with E-state index < -0.39 is 5.97 Å². The minimum Gasteiger partial charge on any atom is -0.478 e. The van der Waals surface area contributed by atoms with Crippen molar-refractivity contribution in [2.45, 2.75) is 6.42 Å². The quantitative estimate of drug-likeness (QED) is 0.800. The molecule has 1 amide bonds. The predicted molar refractivity (Wildman–Crippen MR) is 84.9 cm³/mol. The van der Waals surface area contributed by atoms with Gasteiger partial charge in [-0.3, -0.25) is 4.79 Å². The third-order valence-electron chi connectivity index (χ3n) is 2.69. The largest absolute Gasteiger partial charge is 0.478 e. The summed E-state index contributed by atoms with van der Waals surface area (Å²) in [6, 6.07) is 14.2. The number of carboxylic acids is 1. The molecule has 0 aromatic heterocycles. The molecule has 0 unspecified atom stereocenters. The monoisotopic (exact) mass is 381 g/mol. The summed E-state index contributed by atoms with van der Waals surface area (Å²) in [4.78, 5) is 23.1. The molecule has 2 aromatic rings. The van der Waals surface area contributed by atoms with Gasteiger partial charge in [0, 0.05) is 3.57 Å². The van der Waals surface area contributed by atoms with Gasteiger partial charge in [0.15, 0.2) is 0 Å². The number of nitrogens with one attached hydrogen (secondary N) is 1. The van der Waals surface area contributed by atoms with Crippen LogP contribution < -0.4 is 5.32 Å². The summed E-state index contributed by atoms with van der Waals surface area (Å²) in [5.41, 5.74) is 1.30. The molecule has 0 spiro atoms. The van der Waals surface area contributed by atoms with E-state index in [-0.39, 0.29) is 17.9 Å². The maximum Gasteiger partial charge on any atom is 0.337 e. The first kappa shape index (κ1) is 14.5. The molecule has 20 heavy (non-hydrogen) atoms. The van der Waals surface area contributed by atoms with E-state index in [1.165, 1.54) is 6.07 Å². The third kappa shape index (κ3) is 3.80. The van der Waals surface area contributed by atoms with Crippen molar-refractivity contribution < 1.29 is 14.7 Å². The predicted octanol–water partition coefficient (Wildman–Crippen LogP) is 3.17. The fourth-order valence-corrected chi connectivity index (χ4v) is 2.27. The van der Waals surface area contributed by atoms with Gasteiger partial charge in [0.2, 0.25) is 5.91 Å². The van der Waals surface area contributed by atoms with Gasteiger partial charge in [-0.25, -0.2) is 4.79 Å². The second-order valence-corrected chi connectivity index (χ2v) is 5.45. The Hall–Kier alpha value is -1.89. The molecule has 0 aliphatic heterocycles. The molecule has 2 rings (SSSR count). The van der Waals surface area contributed by atoms with E-state index in [2.05, 4.69) is 5.32 Å². The molecule has 0 heterocycles. The van der Waals surface area contributed by atoms with Crippen LogP contribution in [0.3, 0.4) is 0 Å². The summed E-state index contributed by atoms with van der Waals surface area (Å²) in [7, 11) is 0. The number of hydrogen-bond acceptors (Lipinski definition) is 2. The molecule has 102 valence electrons. The Morgan fingerprint density at radius 3 is 2.45 bits per heavy atom. The molecule has 2 aromatic carbocycles. The van der Waals surface area contributed by atoms with Gasteiger partial charge in [0.25, 0.3) is 0 Å². The second kappa shape index (κ2) is 6.51. The molecular formula is C15H12INO3. The van der Waals surface area contributed by atoms with Crippen molar-refractivity contribution in [3.8, 4) is 0 Å². The molecule has 4 nitrogen and oxygen atoms in total. The number of carbonyl (C=O) groups is 2. The van der Waals surface area contributed by atoms with Crippen LogP contribution in [0.25, 0.3) is 0 Å². The lowest BCUT2D eigenvalue weighted by molar-refractivity contribution is -0.115. The molecule has 0 aliphatic rings. The maximum atomic E-state index is 11.9. The van der Waals surface area contributed by atoms with Crippen LogP contribution in [0, 0.1) is 3.57 Å². The summed E-state index contributed by atoms with van der Waals surface area (Å²) >= 11 is 2.03. The summed E-state index contributed by atoms with van der Waals surface area (Å²) in [6.07, 6.45) is 0.214. The minimum absolute atomic E-state index is 0.0957. The fraction of sp³-hybridized carbons (Fsp3) is 0.0667. The SMILES string of the molecule is O=C(Cc1ccccc1)Nc1ccc(I)cc1C(=O)O. The summed E-state index contributed by atoms with van der Waals surface area (Å²) in [5, 5.41) is 11.8. The number of carboxylic acid groups (broad SMARTS) is 1. The van der Waals surface area contributed by atoms with Crippen LogP contribution >= 0.6 is 22.6 Å². The Morgan fingerprint density at radius 2 is 1.80 bits per heavy atom. The van der Waals surface area contributed by atoms with Crippen LogP contribution in [-0.2, 0) is 11.2 Å². The third-order valence-corrected chi connectivity index (χ3v) is 3.36. The van der Waals surface area contributed by atoms with Crippen LogP contribution in [0.2, 0.25) is 0 Å². The van der Waals surface area contributed by atoms with Gasteiger partial charge in [-0.15, -0.1) is 0 Å². The average molecular weight is 381 g/mol. The van der Waals surface area contributed by atoms with Crippen LogP contribution in [-0.4, -0.2) is 17.0 Å². The number of aromatic carboxylic acids is 1. The zero-order valence-electron chi connectivity index (χ0n) is 10.5. The topological polar surface area (TPSA) is 66.4 Å². The van der Waals surface area contributed by atoms with Gasteiger partial charge in [-0.05, 0) is 46.4 Å². The maximum absolute atomic E-state index is 11.9. The van der Waals surface area contributed by atoms with Crippen molar-refractivity contribution >= 4 is 40.2 Å². The first-order valence-corrected chi connectivity index (χ1v) is 7.01. The van der Waals surface area contributed by atoms with Crippen molar-refractivity contribution in [2.24, 2.45) is 0 Å². The highest BCUT2D eigenvalue weighted by atomic mass is 127. The molecular weight excluding hydrogens is 369 g/mol. The number of halogens is 1. The molecule has 0 atom stereocenters. The standard InChI is InChI=1S/C15H12INO3/c16-11-6-7-13(12(9-11)15(19)20)17-14(18)8-10-4-2-1-3-5-10/h1-7,9H,8H2,(H,17,18)(H,19,20). The second-order valence-electron chi connectivity index (χ2n) is 4.21. The number of benzene rings is 2.